The molecule has 5 nitrogen and oxygen atoms in total. The van der Waals surface area contributed by atoms with Crippen LogP contribution in [0, 0.1) is 0 Å². The summed E-state index contributed by atoms with van der Waals surface area (Å²) in [6.45, 7) is 0.178. The Hall–Kier alpha value is -1.88. The first-order valence-corrected chi connectivity index (χ1v) is 5.32. The van der Waals surface area contributed by atoms with Crippen molar-refractivity contribution in [1.82, 2.24) is 0 Å². The number of hydrogen-bond acceptors (Lipinski definition) is 4. The molecule has 1 aliphatic heterocycles. The molecule has 2 rings (SSSR count). The SMILES string of the molecule is NC(=O)C1(OCc2ccccc2)CCC(=O)O1. The zero-order chi connectivity index (χ0) is 12.3. The topological polar surface area (TPSA) is 78.6 Å². The van der Waals surface area contributed by atoms with Crippen molar-refractivity contribution in [1.29, 1.82) is 0 Å². The van der Waals surface area contributed by atoms with E-state index in [9.17, 15) is 9.59 Å². The zero-order valence-corrected chi connectivity index (χ0v) is 9.22. The van der Waals surface area contributed by atoms with E-state index in [0.29, 0.717) is 0 Å². The minimum atomic E-state index is -1.59. The molecule has 0 bridgehead atoms. The van der Waals surface area contributed by atoms with Gasteiger partial charge in [-0.3, -0.25) is 9.59 Å². The fourth-order valence-corrected chi connectivity index (χ4v) is 1.67. The van der Waals surface area contributed by atoms with E-state index in [4.69, 9.17) is 15.2 Å². The number of esters is 1. The minimum absolute atomic E-state index is 0.151. The third-order valence-corrected chi connectivity index (χ3v) is 2.63. The molecule has 0 aromatic heterocycles. The molecule has 1 aromatic rings. The smallest absolute Gasteiger partial charge is 0.309 e. The number of rotatable bonds is 4. The van der Waals surface area contributed by atoms with Gasteiger partial charge in [-0.25, -0.2) is 0 Å². The summed E-state index contributed by atoms with van der Waals surface area (Å²) in [7, 11) is 0. The second-order valence-electron chi connectivity index (χ2n) is 3.87. The standard InChI is InChI=1S/C12H13NO4/c13-11(15)12(7-6-10(14)17-12)16-8-9-4-2-1-3-5-9/h1-5H,6-8H2,(H2,13,15). The Kier molecular flexibility index (Phi) is 3.10. The summed E-state index contributed by atoms with van der Waals surface area (Å²) in [5.74, 6) is -2.82. The Bertz CT molecular complexity index is 431. The number of carbonyl (C=O) groups excluding carboxylic acids is 2. The normalized spacial score (nSPS) is 23.4. The van der Waals surface area contributed by atoms with Gasteiger partial charge in [0.2, 0.25) is 0 Å². The van der Waals surface area contributed by atoms with E-state index in [2.05, 4.69) is 0 Å². The quantitative estimate of drug-likeness (QED) is 0.780. The van der Waals surface area contributed by atoms with E-state index in [1.165, 1.54) is 0 Å². The van der Waals surface area contributed by atoms with E-state index < -0.39 is 17.7 Å². The van der Waals surface area contributed by atoms with Crippen LogP contribution in [0.15, 0.2) is 30.3 Å². The van der Waals surface area contributed by atoms with Crippen LogP contribution in [0.2, 0.25) is 0 Å². The molecule has 1 unspecified atom stereocenters. The Morgan fingerprint density at radius 3 is 2.65 bits per heavy atom. The van der Waals surface area contributed by atoms with Crippen LogP contribution in [0.5, 0.6) is 0 Å². The number of ether oxygens (including phenoxy) is 2. The lowest BCUT2D eigenvalue weighted by atomic mass is 10.1. The Morgan fingerprint density at radius 1 is 1.41 bits per heavy atom. The molecular weight excluding hydrogens is 222 g/mol. The Balaban J connectivity index is 2.05. The first kappa shape index (κ1) is 11.6. The van der Waals surface area contributed by atoms with Crippen molar-refractivity contribution in [2.24, 2.45) is 5.73 Å². The van der Waals surface area contributed by atoms with Crippen LogP contribution in [0.4, 0.5) is 0 Å². The van der Waals surface area contributed by atoms with E-state index in [0.717, 1.165) is 5.56 Å². The number of cyclic esters (lactones) is 1. The summed E-state index contributed by atoms with van der Waals surface area (Å²) in [4.78, 5) is 22.4. The highest BCUT2D eigenvalue weighted by Gasteiger charge is 2.47. The Morgan fingerprint density at radius 2 is 2.12 bits per heavy atom. The minimum Gasteiger partial charge on any atom is -0.423 e. The molecule has 1 amide bonds. The average molecular weight is 235 g/mol. The highest BCUT2D eigenvalue weighted by atomic mass is 16.7. The first-order valence-electron chi connectivity index (χ1n) is 5.32. The molecule has 1 aromatic carbocycles. The molecule has 1 aliphatic rings. The highest BCUT2D eigenvalue weighted by Crippen LogP contribution is 2.28. The summed E-state index contributed by atoms with van der Waals surface area (Å²) < 4.78 is 10.3. The molecule has 17 heavy (non-hydrogen) atoms. The van der Waals surface area contributed by atoms with Crippen molar-refractivity contribution in [2.45, 2.75) is 25.2 Å². The second-order valence-corrected chi connectivity index (χ2v) is 3.87. The van der Waals surface area contributed by atoms with Gasteiger partial charge in [-0.2, -0.15) is 0 Å². The lowest BCUT2D eigenvalue weighted by molar-refractivity contribution is -0.215. The lowest BCUT2D eigenvalue weighted by Crippen LogP contribution is -2.46. The van der Waals surface area contributed by atoms with Gasteiger partial charge in [0, 0.05) is 6.42 Å². The zero-order valence-electron chi connectivity index (χ0n) is 9.22. The number of nitrogens with two attached hydrogens (primary N) is 1. The van der Waals surface area contributed by atoms with Crippen LogP contribution in [-0.2, 0) is 25.7 Å². The van der Waals surface area contributed by atoms with Crippen LogP contribution >= 0.6 is 0 Å². The number of benzene rings is 1. The summed E-state index contributed by atoms with van der Waals surface area (Å²) in [6.07, 6.45) is 0.325. The van der Waals surface area contributed by atoms with Crippen LogP contribution in [0.25, 0.3) is 0 Å². The number of amides is 1. The number of primary amides is 1. The molecule has 2 N–H and O–H groups in total. The average Bonchev–Trinajstić information content (AvgIpc) is 2.71. The van der Waals surface area contributed by atoms with Crippen molar-refractivity contribution in [3.8, 4) is 0 Å². The molecular formula is C12H13NO4. The predicted octanol–water partition coefficient (Wildman–Crippen LogP) is 0.722. The number of hydrogen-bond donors (Lipinski definition) is 1. The van der Waals surface area contributed by atoms with Gasteiger partial charge in [0.25, 0.3) is 11.7 Å². The van der Waals surface area contributed by atoms with Gasteiger partial charge in [0.1, 0.15) is 0 Å². The summed E-state index contributed by atoms with van der Waals surface area (Å²) in [5.41, 5.74) is 6.10. The van der Waals surface area contributed by atoms with Crippen LogP contribution in [0.3, 0.4) is 0 Å². The molecule has 0 aliphatic carbocycles. The number of carbonyl (C=O) groups is 2. The maximum absolute atomic E-state index is 11.3. The summed E-state index contributed by atoms with van der Waals surface area (Å²) in [5, 5.41) is 0. The highest BCUT2D eigenvalue weighted by molar-refractivity contribution is 5.87. The molecule has 0 spiro atoms. The van der Waals surface area contributed by atoms with Gasteiger partial charge in [0.05, 0.1) is 13.0 Å². The van der Waals surface area contributed by atoms with Crippen molar-refractivity contribution < 1.29 is 19.1 Å². The summed E-state index contributed by atoms with van der Waals surface area (Å²) in [6, 6.07) is 9.30. The molecule has 0 saturated carbocycles. The Labute approximate surface area is 98.5 Å². The van der Waals surface area contributed by atoms with E-state index in [1.54, 1.807) is 0 Å². The maximum Gasteiger partial charge on any atom is 0.309 e. The van der Waals surface area contributed by atoms with Gasteiger partial charge < -0.3 is 15.2 Å². The second kappa shape index (κ2) is 4.55. The van der Waals surface area contributed by atoms with E-state index in [-0.39, 0.29) is 19.4 Å². The van der Waals surface area contributed by atoms with Gasteiger partial charge in [0.15, 0.2) is 0 Å². The van der Waals surface area contributed by atoms with Crippen molar-refractivity contribution in [3.05, 3.63) is 35.9 Å². The predicted molar refractivity (Wildman–Crippen MR) is 58.5 cm³/mol. The lowest BCUT2D eigenvalue weighted by Gasteiger charge is -2.23. The first-order chi connectivity index (χ1) is 8.12. The molecule has 1 saturated heterocycles. The third-order valence-electron chi connectivity index (χ3n) is 2.63. The molecule has 1 heterocycles. The van der Waals surface area contributed by atoms with Gasteiger partial charge >= 0.3 is 5.97 Å². The molecule has 1 fully saturated rings. The van der Waals surface area contributed by atoms with Crippen LogP contribution in [-0.4, -0.2) is 17.7 Å². The molecule has 0 radical (unpaired) electrons. The maximum atomic E-state index is 11.3. The molecule has 1 atom stereocenters. The van der Waals surface area contributed by atoms with Crippen LogP contribution < -0.4 is 5.73 Å². The fraction of sp³-hybridized carbons (Fsp3) is 0.333. The van der Waals surface area contributed by atoms with Crippen molar-refractivity contribution >= 4 is 11.9 Å². The van der Waals surface area contributed by atoms with Crippen molar-refractivity contribution in [2.75, 3.05) is 0 Å². The molecule has 90 valence electrons. The van der Waals surface area contributed by atoms with Gasteiger partial charge in [-0.05, 0) is 5.56 Å². The summed E-state index contributed by atoms with van der Waals surface area (Å²) >= 11 is 0. The monoisotopic (exact) mass is 235 g/mol. The fourth-order valence-electron chi connectivity index (χ4n) is 1.67. The molecule has 5 heteroatoms. The van der Waals surface area contributed by atoms with E-state index >= 15 is 0 Å². The van der Waals surface area contributed by atoms with Gasteiger partial charge in [-0.15, -0.1) is 0 Å². The van der Waals surface area contributed by atoms with Gasteiger partial charge in [-0.1, -0.05) is 30.3 Å². The van der Waals surface area contributed by atoms with E-state index in [1.807, 2.05) is 30.3 Å². The largest absolute Gasteiger partial charge is 0.423 e. The third kappa shape index (κ3) is 2.45. The van der Waals surface area contributed by atoms with Crippen molar-refractivity contribution in [3.63, 3.8) is 0 Å². The van der Waals surface area contributed by atoms with Crippen LogP contribution in [0.1, 0.15) is 18.4 Å².